The normalized spacial score (nSPS) is 23.8. The smallest absolute Gasteiger partial charge is 0.267 e. The number of hydrogen-bond acceptors (Lipinski definition) is 5. The SMILES string of the molecule is Cc1ccc(=O)n(CC(=O)N2C[C@H]3C[C@@H](C2)[C@H](CO)n2c3cccc2=O)n1. The number of carbonyl (C=O) groups excluding carboxylic acids is 1. The van der Waals surface area contributed by atoms with Gasteiger partial charge in [-0.1, -0.05) is 6.07 Å². The Kier molecular flexibility index (Phi) is 4.43. The number of carbonyl (C=O) groups is 1. The quantitative estimate of drug-likeness (QED) is 0.813. The first-order valence-corrected chi connectivity index (χ1v) is 9.13. The minimum absolute atomic E-state index is 0.00694. The van der Waals surface area contributed by atoms with Crippen LogP contribution in [0.15, 0.2) is 39.9 Å². The minimum atomic E-state index is -0.333. The number of aliphatic hydroxyl groups is 1. The first-order chi connectivity index (χ1) is 13.0. The van der Waals surface area contributed by atoms with Gasteiger partial charge >= 0.3 is 0 Å². The maximum Gasteiger partial charge on any atom is 0.267 e. The van der Waals surface area contributed by atoms with Gasteiger partial charge in [-0.2, -0.15) is 5.10 Å². The first kappa shape index (κ1) is 17.7. The number of aliphatic hydroxyl groups excluding tert-OH is 1. The largest absolute Gasteiger partial charge is 0.394 e. The second-order valence-corrected chi connectivity index (χ2v) is 7.37. The van der Waals surface area contributed by atoms with Gasteiger partial charge in [0.25, 0.3) is 11.1 Å². The van der Waals surface area contributed by atoms with E-state index in [4.69, 9.17) is 0 Å². The number of aryl methyl sites for hydroxylation is 1. The van der Waals surface area contributed by atoms with Crippen LogP contribution in [0.25, 0.3) is 0 Å². The molecule has 1 fully saturated rings. The number of piperidine rings is 1. The fourth-order valence-electron chi connectivity index (χ4n) is 4.37. The third kappa shape index (κ3) is 3.10. The Hall–Kier alpha value is -2.74. The van der Waals surface area contributed by atoms with E-state index < -0.39 is 0 Å². The van der Waals surface area contributed by atoms with E-state index in [-0.39, 0.29) is 48.1 Å². The van der Waals surface area contributed by atoms with Crippen molar-refractivity contribution < 1.29 is 9.90 Å². The molecule has 0 aliphatic carbocycles. The van der Waals surface area contributed by atoms with Crippen molar-refractivity contribution in [2.45, 2.75) is 31.8 Å². The van der Waals surface area contributed by atoms with Gasteiger partial charge in [-0.05, 0) is 25.5 Å². The molecule has 4 rings (SSSR count). The zero-order chi connectivity index (χ0) is 19.1. The molecule has 142 valence electrons. The van der Waals surface area contributed by atoms with Crippen molar-refractivity contribution in [2.24, 2.45) is 5.92 Å². The van der Waals surface area contributed by atoms with Crippen LogP contribution >= 0.6 is 0 Å². The van der Waals surface area contributed by atoms with Gasteiger partial charge in [-0.3, -0.25) is 14.4 Å². The molecule has 1 saturated heterocycles. The van der Waals surface area contributed by atoms with Gasteiger partial charge in [0, 0.05) is 42.8 Å². The second kappa shape index (κ2) is 6.77. The van der Waals surface area contributed by atoms with E-state index in [1.807, 2.05) is 6.07 Å². The molecule has 0 unspecified atom stereocenters. The molecule has 2 bridgehead atoms. The van der Waals surface area contributed by atoms with Crippen molar-refractivity contribution in [3.05, 3.63) is 62.4 Å². The Morgan fingerprint density at radius 1 is 1.19 bits per heavy atom. The highest BCUT2D eigenvalue weighted by Gasteiger charge is 2.41. The zero-order valence-electron chi connectivity index (χ0n) is 15.1. The van der Waals surface area contributed by atoms with Gasteiger partial charge < -0.3 is 14.6 Å². The molecule has 0 aromatic carbocycles. The van der Waals surface area contributed by atoms with Gasteiger partial charge in [0.05, 0.1) is 18.3 Å². The fraction of sp³-hybridized carbons (Fsp3) is 0.474. The van der Waals surface area contributed by atoms with Crippen molar-refractivity contribution in [1.82, 2.24) is 19.2 Å². The second-order valence-electron chi connectivity index (χ2n) is 7.37. The predicted molar refractivity (Wildman–Crippen MR) is 97.5 cm³/mol. The van der Waals surface area contributed by atoms with Crippen molar-refractivity contribution in [3.63, 3.8) is 0 Å². The number of aromatic nitrogens is 3. The molecule has 2 aromatic rings. The minimum Gasteiger partial charge on any atom is -0.394 e. The number of pyridine rings is 1. The van der Waals surface area contributed by atoms with Gasteiger partial charge in [0.1, 0.15) is 6.54 Å². The van der Waals surface area contributed by atoms with Gasteiger partial charge in [-0.25, -0.2) is 4.68 Å². The van der Waals surface area contributed by atoms with E-state index in [2.05, 4.69) is 5.10 Å². The summed E-state index contributed by atoms with van der Waals surface area (Å²) in [7, 11) is 0. The molecule has 2 aliphatic rings. The summed E-state index contributed by atoms with van der Waals surface area (Å²) in [5, 5.41) is 14.0. The van der Waals surface area contributed by atoms with E-state index in [0.717, 1.165) is 12.1 Å². The highest BCUT2D eigenvalue weighted by atomic mass is 16.3. The Balaban J connectivity index is 1.61. The molecule has 0 saturated carbocycles. The molecule has 2 aliphatic heterocycles. The van der Waals surface area contributed by atoms with E-state index in [0.29, 0.717) is 18.8 Å². The molecule has 1 amide bonds. The highest BCUT2D eigenvalue weighted by Crippen LogP contribution is 2.40. The summed E-state index contributed by atoms with van der Waals surface area (Å²) in [6.07, 6.45) is 0.834. The molecular formula is C19H22N4O4. The summed E-state index contributed by atoms with van der Waals surface area (Å²) >= 11 is 0. The van der Waals surface area contributed by atoms with Crippen molar-refractivity contribution in [2.75, 3.05) is 19.7 Å². The number of amides is 1. The van der Waals surface area contributed by atoms with Crippen LogP contribution in [-0.2, 0) is 11.3 Å². The fourth-order valence-corrected chi connectivity index (χ4v) is 4.37. The molecule has 27 heavy (non-hydrogen) atoms. The first-order valence-electron chi connectivity index (χ1n) is 9.13. The van der Waals surface area contributed by atoms with E-state index in [1.165, 1.54) is 16.8 Å². The van der Waals surface area contributed by atoms with Crippen LogP contribution < -0.4 is 11.1 Å². The Labute approximate surface area is 155 Å². The standard InChI is InChI=1S/C19H22N4O4/c1-12-5-6-17(25)22(20-12)10-19(27)21-8-13-7-14(9-21)16(11-24)23-15(13)3-2-4-18(23)26/h2-6,13-14,16,24H,7-11H2,1H3/t13-,14+,16+/m1/s1. The number of fused-ring (bicyclic) bond motifs is 4. The average molecular weight is 370 g/mol. The lowest BCUT2D eigenvalue weighted by Gasteiger charge is -2.46. The van der Waals surface area contributed by atoms with E-state index in [1.54, 1.807) is 28.5 Å². The summed E-state index contributed by atoms with van der Waals surface area (Å²) in [6, 6.07) is 7.82. The highest BCUT2D eigenvalue weighted by molar-refractivity contribution is 5.76. The van der Waals surface area contributed by atoms with Crippen LogP contribution in [0.1, 0.15) is 29.8 Å². The van der Waals surface area contributed by atoms with Crippen LogP contribution in [0.3, 0.4) is 0 Å². The van der Waals surface area contributed by atoms with Crippen molar-refractivity contribution in [1.29, 1.82) is 0 Å². The summed E-state index contributed by atoms with van der Waals surface area (Å²) < 4.78 is 2.87. The van der Waals surface area contributed by atoms with Gasteiger partial charge in [0.15, 0.2) is 0 Å². The van der Waals surface area contributed by atoms with Crippen LogP contribution in [-0.4, -0.2) is 50.0 Å². The lowest BCUT2D eigenvalue weighted by atomic mass is 9.78. The molecule has 0 radical (unpaired) electrons. The summed E-state index contributed by atoms with van der Waals surface area (Å²) in [5.41, 5.74) is 1.11. The average Bonchev–Trinajstić information content (AvgIpc) is 2.65. The van der Waals surface area contributed by atoms with Crippen molar-refractivity contribution >= 4 is 5.91 Å². The number of hydrogen-bond donors (Lipinski definition) is 1. The van der Waals surface area contributed by atoms with Gasteiger partial charge in [-0.15, -0.1) is 0 Å². The third-order valence-electron chi connectivity index (χ3n) is 5.62. The lowest BCUT2D eigenvalue weighted by molar-refractivity contribution is -0.135. The van der Waals surface area contributed by atoms with Crippen LogP contribution in [0.5, 0.6) is 0 Å². The molecular weight excluding hydrogens is 348 g/mol. The molecule has 8 heteroatoms. The molecule has 3 atom stereocenters. The Bertz CT molecular complexity index is 996. The number of rotatable bonds is 3. The molecule has 1 N–H and O–H groups in total. The van der Waals surface area contributed by atoms with E-state index in [9.17, 15) is 19.5 Å². The van der Waals surface area contributed by atoms with Crippen LogP contribution in [0, 0.1) is 12.8 Å². The molecule has 8 nitrogen and oxygen atoms in total. The molecule has 2 aromatic heterocycles. The number of nitrogens with zero attached hydrogens (tertiary/aromatic N) is 4. The van der Waals surface area contributed by atoms with Crippen LogP contribution in [0.4, 0.5) is 0 Å². The predicted octanol–water partition coefficient (Wildman–Crippen LogP) is -0.107. The topological polar surface area (TPSA) is 97.4 Å². The van der Waals surface area contributed by atoms with Gasteiger partial charge in [0.2, 0.25) is 5.91 Å². The summed E-state index contributed by atoms with van der Waals surface area (Å²) in [6.45, 7) is 2.48. The summed E-state index contributed by atoms with van der Waals surface area (Å²) in [5.74, 6) is -0.118. The Morgan fingerprint density at radius 3 is 2.78 bits per heavy atom. The summed E-state index contributed by atoms with van der Waals surface area (Å²) in [4.78, 5) is 38.8. The lowest BCUT2D eigenvalue weighted by Crippen LogP contribution is -2.52. The van der Waals surface area contributed by atoms with Crippen LogP contribution in [0.2, 0.25) is 0 Å². The zero-order valence-corrected chi connectivity index (χ0v) is 15.1. The maximum atomic E-state index is 12.8. The molecule has 4 heterocycles. The van der Waals surface area contributed by atoms with Crippen molar-refractivity contribution in [3.8, 4) is 0 Å². The monoisotopic (exact) mass is 370 g/mol. The number of likely N-dealkylation sites (tertiary alicyclic amines) is 1. The third-order valence-corrected chi connectivity index (χ3v) is 5.62. The van der Waals surface area contributed by atoms with E-state index >= 15 is 0 Å². The molecule has 0 spiro atoms. The maximum absolute atomic E-state index is 12.8. The Morgan fingerprint density at radius 2 is 2.00 bits per heavy atom.